The molecular weight excluding hydrogens is 278 g/mol. The van der Waals surface area contributed by atoms with E-state index >= 15 is 0 Å². The zero-order valence-corrected chi connectivity index (χ0v) is 13.4. The number of carbonyl (C=O) groups is 1. The highest BCUT2D eigenvalue weighted by Crippen LogP contribution is 2.12. The summed E-state index contributed by atoms with van der Waals surface area (Å²) in [5, 5.41) is 8.32. The monoisotopic (exact) mass is 305 g/mol. The van der Waals surface area contributed by atoms with Crippen LogP contribution in [0.4, 0.5) is 0 Å². The maximum absolute atomic E-state index is 10.7. The Labute approximate surface area is 127 Å². The van der Waals surface area contributed by atoms with Crippen molar-refractivity contribution in [1.29, 1.82) is 0 Å². The Bertz CT molecular complexity index is 248. The van der Waals surface area contributed by atoms with Gasteiger partial charge in [-0.2, -0.15) is 0 Å². The molecule has 0 spiro atoms. The average molecular weight is 306 g/mol. The van der Waals surface area contributed by atoms with Gasteiger partial charge in [0.25, 0.3) is 0 Å². The van der Waals surface area contributed by atoms with Crippen LogP contribution in [0.25, 0.3) is 0 Å². The maximum atomic E-state index is 10.7. The van der Waals surface area contributed by atoms with Crippen LogP contribution in [-0.2, 0) is 4.79 Å². The van der Waals surface area contributed by atoms with Crippen LogP contribution in [0.1, 0.15) is 77.0 Å². The van der Waals surface area contributed by atoms with Crippen molar-refractivity contribution in [3.05, 3.63) is 0 Å². The minimum Gasteiger partial charge on any atom is -0.289 e. The summed E-state index contributed by atoms with van der Waals surface area (Å²) in [5.41, 5.74) is 1.66. The lowest BCUT2D eigenvalue weighted by molar-refractivity contribution is -0.129. The Morgan fingerprint density at radius 3 is 1.58 bits per heavy atom. The predicted molar refractivity (Wildman–Crippen MR) is 86.9 cm³/mol. The van der Waals surface area contributed by atoms with Crippen molar-refractivity contribution in [2.45, 2.75) is 77.0 Å². The quantitative estimate of drug-likeness (QED) is 0.155. The Hall–Kier alpha value is -0.130. The van der Waals surface area contributed by atoms with Crippen LogP contribution in [-0.4, -0.2) is 15.3 Å². The molecule has 0 saturated heterocycles. The normalized spacial score (nSPS) is 10.4. The van der Waals surface area contributed by atoms with Crippen LogP contribution in [0.2, 0.25) is 0 Å². The average Bonchev–Trinajstić information content (AvgIpc) is 2.39. The van der Waals surface area contributed by atoms with Crippen molar-refractivity contribution in [3.8, 4) is 0 Å². The first kappa shape index (κ1) is 18.9. The van der Waals surface area contributed by atoms with Crippen LogP contribution in [0.3, 0.4) is 0 Å². The Kier molecular flexibility index (Phi) is 14.2. The van der Waals surface area contributed by atoms with Crippen LogP contribution < -0.4 is 5.48 Å². The molecular formula is C14H27NO2S2. The van der Waals surface area contributed by atoms with Gasteiger partial charge in [0.05, 0.1) is 0 Å². The van der Waals surface area contributed by atoms with Gasteiger partial charge in [0.15, 0.2) is 0 Å². The Balaban J connectivity index is 3.03. The molecule has 0 aromatic rings. The van der Waals surface area contributed by atoms with E-state index < -0.39 is 0 Å². The Morgan fingerprint density at radius 2 is 1.21 bits per heavy atom. The minimum atomic E-state index is -0.277. The summed E-state index contributed by atoms with van der Waals surface area (Å²) in [6.45, 7) is 0. The van der Waals surface area contributed by atoms with Gasteiger partial charge in [-0.15, -0.1) is 12.6 Å². The van der Waals surface area contributed by atoms with E-state index in [-0.39, 0.29) is 5.91 Å². The van der Waals surface area contributed by atoms with Gasteiger partial charge in [-0.05, 0) is 19.3 Å². The van der Waals surface area contributed by atoms with Gasteiger partial charge in [0.1, 0.15) is 0 Å². The molecule has 0 atom stereocenters. The van der Waals surface area contributed by atoms with Crippen molar-refractivity contribution >= 4 is 35.0 Å². The maximum Gasteiger partial charge on any atom is 0.243 e. The fraction of sp³-hybridized carbons (Fsp3) is 0.857. The van der Waals surface area contributed by atoms with E-state index in [2.05, 4.69) is 12.6 Å². The number of carbonyl (C=O) groups excluding carboxylic acids is 1. The van der Waals surface area contributed by atoms with E-state index in [1.54, 1.807) is 5.48 Å². The molecule has 2 N–H and O–H groups in total. The molecule has 0 fully saturated rings. The molecule has 0 saturated carbocycles. The number of hydrogen-bond acceptors (Lipinski definition) is 3. The van der Waals surface area contributed by atoms with Crippen molar-refractivity contribution in [1.82, 2.24) is 5.48 Å². The lowest BCUT2D eigenvalue weighted by Crippen LogP contribution is -2.17. The minimum absolute atomic E-state index is 0.277. The van der Waals surface area contributed by atoms with Crippen LogP contribution in [0, 0.1) is 0 Å². The predicted octanol–water partition coefficient (Wildman–Crippen LogP) is 4.43. The molecule has 0 aliphatic rings. The number of nitrogens with one attached hydrogen (secondary N) is 1. The van der Waals surface area contributed by atoms with Gasteiger partial charge in [-0.25, -0.2) is 5.48 Å². The summed E-state index contributed by atoms with van der Waals surface area (Å²) in [6.07, 6.45) is 13.4. The number of unbranched alkanes of at least 4 members (excludes halogenated alkanes) is 9. The standard InChI is InChI=1S/C14H27NO2S2/c16-13(15-17)11-9-7-5-3-1-2-4-6-8-10-12-14(18)19/h17H,1-12H2,(H,15,16)(H,18,19). The number of hydrogen-bond donors (Lipinski definition) is 3. The second-order valence-electron chi connectivity index (χ2n) is 4.96. The molecule has 0 aromatic carbocycles. The van der Waals surface area contributed by atoms with Gasteiger partial charge in [-0.1, -0.05) is 63.6 Å². The molecule has 0 radical (unpaired) electrons. The number of rotatable bonds is 13. The first-order valence-corrected chi connectivity index (χ1v) is 8.17. The molecule has 0 aromatic heterocycles. The summed E-state index contributed by atoms with van der Waals surface area (Å²) in [5.74, 6) is -0.277. The molecule has 5 heteroatoms. The largest absolute Gasteiger partial charge is 0.289 e. The van der Waals surface area contributed by atoms with E-state index in [0.29, 0.717) is 6.42 Å². The molecule has 0 heterocycles. The molecule has 112 valence electrons. The summed E-state index contributed by atoms with van der Waals surface area (Å²) in [6, 6.07) is 0. The van der Waals surface area contributed by atoms with E-state index in [1.165, 1.54) is 51.4 Å². The number of thiocarbonyl (C=S) groups is 1. The van der Waals surface area contributed by atoms with E-state index in [1.807, 2.05) is 0 Å². The van der Waals surface area contributed by atoms with Crippen LogP contribution in [0.5, 0.6) is 0 Å². The van der Waals surface area contributed by atoms with Crippen molar-refractivity contribution in [2.75, 3.05) is 0 Å². The molecule has 19 heavy (non-hydrogen) atoms. The zero-order valence-electron chi connectivity index (χ0n) is 11.7. The molecule has 0 aliphatic carbocycles. The summed E-state index contributed by atoms with van der Waals surface area (Å²) >= 11 is 9.02. The first-order chi connectivity index (χ1) is 9.16. The van der Waals surface area contributed by atoms with E-state index in [4.69, 9.17) is 17.4 Å². The number of thiol groups is 1. The van der Waals surface area contributed by atoms with Gasteiger partial charge in [0.2, 0.25) is 5.91 Å². The smallest absolute Gasteiger partial charge is 0.243 e. The number of amides is 1. The molecule has 3 nitrogen and oxygen atoms in total. The van der Waals surface area contributed by atoms with Gasteiger partial charge >= 0.3 is 0 Å². The van der Waals surface area contributed by atoms with E-state index in [0.717, 1.165) is 23.5 Å². The summed E-state index contributed by atoms with van der Waals surface area (Å²) in [4.78, 5) is 10.7. The van der Waals surface area contributed by atoms with Crippen molar-refractivity contribution in [3.63, 3.8) is 0 Å². The number of hydroxylamine groups is 1. The van der Waals surface area contributed by atoms with Crippen molar-refractivity contribution in [2.24, 2.45) is 0 Å². The van der Waals surface area contributed by atoms with Gasteiger partial charge < -0.3 is 0 Å². The third-order valence-electron chi connectivity index (χ3n) is 3.17. The highest BCUT2D eigenvalue weighted by molar-refractivity contribution is 8.11. The van der Waals surface area contributed by atoms with Crippen molar-refractivity contribution < 1.29 is 10.0 Å². The SMILES string of the molecule is O=C(CCCCCCCCCCCCC(=S)S)NO. The zero-order chi connectivity index (χ0) is 14.3. The first-order valence-electron chi connectivity index (χ1n) is 7.31. The third-order valence-corrected chi connectivity index (χ3v) is 3.60. The third kappa shape index (κ3) is 15.8. The van der Waals surface area contributed by atoms with Gasteiger partial charge in [-0.3, -0.25) is 10.0 Å². The molecule has 1 amide bonds. The summed E-state index contributed by atoms with van der Waals surface area (Å²) in [7, 11) is 0. The fourth-order valence-electron chi connectivity index (χ4n) is 2.03. The lowest BCUT2D eigenvalue weighted by atomic mass is 10.1. The lowest BCUT2D eigenvalue weighted by Gasteiger charge is -2.02. The molecule has 0 bridgehead atoms. The van der Waals surface area contributed by atoms with E-state index in [9.17, 15) is 4.79 Å². The highest BCUT2D eigenvalue weighted by atomic mass is 32.1. The molecule has 0 unspecified atom stereocenters. The highest BCUT2D eigenvalue weighted by Gasteiger charge is 1.98. The van der Waals surface area contributed by atoms with Crippen LogP contribution in [0.15, 0.2) is 0 Å². The fourth-order valence-corrected chi connectivity index (χ4v) is 2.33. The van der Waals surface area contributed by atoms with Gasteiger partial charge in [0, 0.05) is 10.6 Å². The topological polar surface area (TPSA) is 49.3 Å². The van der Waals surface area contributed by atoms with Crippen LogP contribution >= 0.6 is 24.8 Å². The summed E-state index contributed by atoms with van der Waals surface area (Å²) < 4.78 is 0.829. The molecule has 0 aliphatic heterocycles. The second-order valence-corrected chi connectivity index (χ2v) is 6.30. The molecule has 0 rings (SSSR count). The Morgan fingerprint density at radius 1 is 0.842 bits per heavy atom. The second kappa shape index (κ2) is 14.3.